The molecule has 7 heteroatoms. The number of carbonyl (C=O) groups is 1. The van der Waals surface area contributed by atoms with Crippen molar-refractivity contribution in [2.45, 2.75) is 19.9 Å². The Hall–Kier alpha value is -3.19. The summed E-state index contributed by atoms with van der Waals surface area (Å²) in [6.07, 6.45) is 2.04. The van der Waals surface area contributed by atoms with E-state index in [1.807, 2.05) is 48.5 Å². The van der Waals surface area contributed by atoms with Gasteiger partial charge in [-0.05, 0) is 55.1 Å². The Morgan fingerprint density at radius 3 is 2.29 bits per heavy atom. The predicted molar refractivity (Wildman–Crippen MR) is 121 cm³/mol. The van der Waals surface area contributed by atoms with Gasteiger partial charge in [0.15, 0.2) is 11.5 Å². The van der Waals surface area contributed by atoms with Gasteiger partial charge in [-0.25, -0.2) is 5.01 Å². The van der Waals surface area contributed by atoms with Gasteiger partial charge >= 0.3 is 0 Å². The summed E-state index contributed by atoms with van der Waals surface area (Å²) < 4.78 is 16.4. The van der Waals surface area contributed by atoms with Gasteiger partial charge in [0.05, 0.1) is 33.6 Å². The molecule has 0 bridgehead atoms. The van der Waals surface area contributed by atoms with E-state index in [0.29, 0.717) is 18.0 Å². The molecule has 2 aromatic carbocycles. The molecule has 0 fully saturated rings. The first-order valence-corrected chi connectivity index (χ1v) is 10.4. The highest BCUT2D eigenvalue weighted by Gasteiger charge is 2.33. The van der Waals surface area contributed by atoms with Crippen molar-refractivity contribution in [1.82, 2.24) is 15.3 Å². The topological polar surface area (TPSA) is 63.3 Å². The maximum atomic E-state index is 13.3. The highest BCUT2D eigenvalue weighted by molar-refractivity contribution is 5.83. The van der Waals surface area contributed by atoms with Gasteiger partial charge in [0.1, 0.15) is 11.8 Å². The van der Waals surface area contributed by atoms with E-state index < -0.39 is 0 Å². The number of carbonyl (C=O) groups excluding carboxylic acids is 1. The molecule has 0 unspecified atom stereocenters. The van der Waals surface area contributed by atoms with Crippen molar-refractivity contribution in [1.29, 1.82) is 0 Å². The molecule has 1 aliphatic rings. The molecule has 2 aromatic rings. The Bertz CT molecular complexity index is 923. The SMILES string of the molecule is CCN(CC)CC(=O)N1NC(c2ccc(OC)cc2)=C[C@@H]1c1cccc(OC)c1OC. The average Bonchev–Trinajstić information content (AvgIpc) is 3.27. The standard InChI is InChI=1S/C24H31N3O4/c1-6-26(7-2)16-23(28)27-21(19-9-8-10-22(30-4)24(19)31-5)15-20(25-27)17-11-13-18(29-3)14-12-17/h8-15,21,25H,6-7,16H2,1-5H3/t21-/m1/s1. The van der Waals surface area contributed by atoms with Crippen molar-refractivity contribution in [3.63, 3.8) is 0 Å². The molecule has 0 saturated carbocycles. The molecule has 31 heavy (non-hydrogen) atoms. The summed E-state index contributed by atoms with van der Waals surface area (Å²) in [4.78, 5) is 15.4. The van der Waals surface area contributed by atoms with Crippen molar-refractivity contribution in [2.24, 2.45) is 0 Å². The molecule has 7 nitrogen and oxygen atoms in total. The second-order valence-electron chi connectivity index (χ2n) is 7.17. The molecule has 0 radical (unpaired) electrons. The number of hydrazine groups is 1. The van der Waals surface area contributed by atoms with E-state index in [1.54, 1.807) is 26.3 Å². The van der Waals surface area contributed by atoms with Crippen LogP contribution in [-0.2, 0) is 4.79 Å². The first kappa shape index (κ1) is 22.5. The molecule has 1 amide bonds. The van der Waals surface area contributed by atoms with Crippen LogP contribution < -0.4 is 19.6 Å². The third-order valence-corrected chi connectivity index (χ3v) is 5.52. The van der Waals surface area contributed by atoms with Crippen LogP contribution in [0.4, 0.5) is 0 Å². The Labute approximate surface area is 184 Å². The van der Waals surface area contributed by atoms with Crippen LogP contribution in [-0.4, -0.2) is 56.8 Å². The first-order chi connectivity index (χ1) is 15.1. The van der Waals surface area contributed by atoms with E-state index in [4.69, 9.17) is 14.2 Å². The van der Waals surface area contributed by atoms with Gasteiger partial charge in [0.2, 0.25) is 0 Å². The number of hydrogen-bond acceptors (Lipinski definition) is 6. The van der Waals surface area contributed by atoms with Gasteiger partial charge in [-0.2, -0.15) is 0 Å². The molecule has 3 rings (SSSR count). The Kier molecular flexibility index (Phi) is 7.41. The van der Waals surface area contributed by atoms with Crippen LogP contribution in [0, 0.1) is 0 Å². The number of nitrogens with zero attached hydrogens (tertiary/aromatic N) is 2. The zero-order valence-corrected chi connectivity index (χ0v) is 18.8. The number of rotatable bonds is 9. The van der Waals surface area contributed by atoms with Crippen molar-refractivity contribution < 1.29 is 19.0 Å². The monoisotopic (exact) mass is 425 g/mol. The molecule has 1 N–H and O–H groups in total. The largest absolute Gasteiger partial charge is 0.497 e. The summed E-state index contributed by atoms with van der Waals surface area (Å²) >= 11 is 0. The number of methoxy groups -OCH3 is 3. The molecular weight excluding hydrogens is 394 g/mol. The second kappa shape index (κ2) is 10.2. The van der Waals surface area contributed by atoms with E-state index in [0.717, 1.165) is 35.7 Å². The first-order valence-electron chi connectivity index (χ1n) is 10.4. The fourth-order valence-electron chi connectivity index (χ4n) is 3.71. The third kappa shape index (κ3) is 4.77. The zero-order chi connectivity index (χ0) is 22.4. The number of nitrogens with one attached hydrogen (secondary N) is 1. The molecule has 166 valence electrons. The highest BCUT2D eigenvalue weighted by atomic mass is 16.5. The quantitative estimate of drug-likeness (QED) is 0.664. The minimum absolute atomic E-state index is 0.0154. The molecule has 1 atom stereocenters. The molecule has 0 aliphatic carbocycles. The van der Waals surface area contributed by atoms with Gasteiger partial charge in [-0.15, -0.1) is 0 Å². The fraction of sp³-hybridized carbons (Fsp3) is 0.375. The van der Waals surface area contributed by atoms with Crippen LogP contribution in [0.5, 0.6) is 17.2 Å². The van der Waals surface area contributed by atoms with E-state index in [9.17, 15) is 4.79 Å². The van der Waals surface area contributed by atoms with Crippen molar-refractivity contribution in [3.05, 3.63) is 59.7 Å². The lowest BCUT2D eigenvalue weighted by atomic mass is 10.0. The smallest absolute Gasteiger partial charge is 0.255 e. The van der Waals surface area contributed by atoms with Crippen molar-refractivity contribution in [3.8, 4) is 17.2 Å². The van der Waals surface area contributed by atoms with Gasteiger partial charge in [0.25, 0.3) is 5.91 Å². The number of para-hydroxylation sites is 1. The molecule has 0 aromatic heterocycles. The van der Waals surface area contributed by atoms with Crippen molar-refractivity contribution >= 4 is 11.6 Å². The van der Waals surface area contributed by atoms with E-state index in [1.165, 1.54) is 0 Å². The summed E-state index contributed by atoms with van der Waals surface area (Å²) in [5, 5.41) is 1.68. The molecule has 0 spiro atoms. The summed E-state index contributed by atoms with van der Waals surface area (Å²) in [6, 6.07) is 13.1. The van der Waals surface area contributed by atoms with Gasteiger partial charge in [-0.3, -0.25) is 15.1 Å². The number of benzene rings is 2. The van der Waals surface area contributed by atoms with Gasteiger partial charge < -0.3 is 14.2 Å². The van der Waals surface area contributed by atoms with E-state index >= 15 is 0 Å². The molecule has 0 saturated heterocycles. The zero-order valence-electron chi connectivity index (χ0n) is 18.8. The minimum atomic E-state index is -0.342. The predicted octanol–water partition coefficient (Wildman–Crippen LogP) is 3.48. The maximum Gasteiger partial charge on any atom is 0.255 e. The number of ether oxygens (including phenoxy) is 3. The van der Waals surface area contributed by atoms with Gasteiger partial charge in [-0.1, -0.05) is 26.0 Å². The lowest BCUT2D eigenvalue weighted by Crippen LogP contribution is -2.45. The second-order valence-corrected chi connectivity index (χ2v) is 7.17. The summed E-state index contributed by atoms with van der Waals surface area (Å²) in [5.74, 6) is 2.01. The van der Waals surface area contributed by atoms with Crippen molar-refractivity contribution in [2.75, 3.05) is 41.0 Å². The Balaban J connectivity index is 2.01. The van der Waals surface area contributed by atoms with Crippen LogP contribution in [0.2, 0.25) is 0 Å². The number of amides is 1. The number of hydrogen-bond donors (Lipinski definition) is 1. The molecule has 1 aliphatic heterocycles. The fourth-order valence-corrected chi connectivity index (χ4v) is 3.71. The van der Waals surface area contributed by atoms with Crippen LogP contribution in [0.25, 0.3) is 5.70 Å². The normalized spacial score (nSPS) is 15.5. The maximum absolute atomic E-state index is 13.3. The summed E-state index contributed by atoms with van der Waals surface area (Å²) in [7, 11) is 4.86. The van der Waals surface area contributed by atoms with Crippen LogP contribution >= 0.6 is 0 Å². The van der Waals surface area contributed by atoms with E-state index in [-0.39, 0.29) is 11.9 Å². The van der Waals surface area contributed by atoms with Gasteiger partial charge in [0, 0.05) is 5.56 Å². The Morgan fingerprint density at radius 2 is 1.71 bits per heavy atom. The Morgan fingerprint density at radius 1 is 1.00 bits per heavy atom. The van der Waals surface area contributed by atoms with E-state index in [2.05, 4.69) is 24.2 Å². The van der Waals surface area contributed by atoms with Crippen LogP contribution in [0.15, 0.2) is 48.5 Å². The van der Waals surface area contributed by atoms with Crippen LogP contribution in [0.3, 0.4) is 0 Å². The summed E-state index contributed by atoms with van der Waals surface area (Å²) in [5.41, 5.74) is 5.98. The number of likely N-dealkylation sites (N-methyl/N-ethyl adjacent to an activating group) is 1. The molecular formula is C24H31N3O4. The van der Waals surface area contributed by atoms with Crippen LogP contribution in [0.1, 0.15) is 31.0 Å². The molecule has 1 heterocycles. The minimum Gasteiger partial charge on any atom is -0.497 e. The third-order valence-electron chi connectivity index (χ3n) is 5.52. The lowest BCUT2D eigenvalue weighted by molar-refractivity contribution is -0.135. The lowest BCUT2D eigenvalue weighted by Gasteiger charge is -2.29. The average molecular weight is 426 g/mol. The highest BCUT2D eigenvalue weighted by Crippen LogP contribution is 2.40. The summed E-state index contributed by atoms with van der Waals surface area (Å²) in [6.45, 7) is 6.05.